The number of ether oxygens (including phenoxy) is 2. The maximum absolute atomic E-state index is 13.9. The molecule has 33 heavy (non-hydrogen) atoms. The Morgan fingerprint density at radius 2 is 1.70 bits per heavy atom. The Bertz CT molecular complexity index is 965. The van der Waals surface area contributed by atoms with E-state index in [1.54, 1.807) is 20.8 Å². The Morgan fingerprint density at radius 1 is 1.06 bits per heavy atom. The smallest absolute Gasteiger partial charge is 0.387 e. The standard InChI is InChI=1S/C23H26F4N2O4/c1-5-32-18-11-14(9-10-17(18)33-23(26)27)12-29(4)22(31)20(13(2)3)28-21(30)19-15(24)7-6-8-16(19)25/h6-11,13,20,23H,5,12H2,1-4H3,(H,28,30). The van der Waals surface area contributed by atoms with E-state index in [4.69, 9.17) is 4.74 Å². The molecule has 0 saturated carbocycles. The van der Waals surface area contributed by atoms with E-state index in [2.05, 4.69) is 10.1 Å². The average molecular weight is 470 g/mol. The molecule has 0 aliphatic carbocycles. The van der Waals surface area contributed by atoms with E-state index in [1.807, 2.05) is 0 Å². The highest BCUT2D eigenvalue weighted by molar-refractivity contribution is 5.98. The highest BCUT2D eigenvalue weighted by atomic mass is 19.3. The molecule has 2 rings (SSSR count). The van der Waals surface area contributed by atoms with Crippen LogP contribution in [0.1, 0.15) is 36.7 Å². The summed E-state index contributed by atoms with van der Waals surface area (Å²) in [6.07, 6.45) is 0. The first-order valence-electron chi connectivity index (χ1n) is 10.3. The zero-order chi connectivity index (χ0) is 24.7. The minimum atomic E-state index is -3.02. The van der Waals surface area contributed by atoms with Crippen LogP contribution in [-0.2, 0) is 11.3 Å². The lowest BCUT2D eigenvalue weighted by Gasteiger charge is -2.27. The first-order valence-corrected chi connectivity index (χ1v) is 10.3. The van der Waals surface area contributed by atoms with E-state index in [-0.39, 0.29) is 30.6 Å². The molecule has 2 amide bonds. The van der Waals surface area contributed by atoms with Crippen molar-refractivity contribution >= 4 is 11.8 Å². The molecule has 10 heteroatoms. The molecule has 180 valence electrons. The van der Waals surface area contributed by atoms with Gasteiger partial charge in [-0.1, -0.05) is 26.0 Å². The van der Waals surface area contributed by atoms with Crippen LogP contribution in [0.25, 0.3) is 0 Å². The van der Waals surface area contributed by atoms with E-state index in [9.17, 15) is 27.2 Å². The van der Waals surface area contributed by atoms with Gasteiger partial charge in [-0.2, -0.15) is 8.78 Å². The minimum absolute atomic E-state index is 0.0566. The topological polar surface area (TPSA) is 67.9 Å². The summed E-state index contributed by atoms with van der Waals surface area (Å²) in [5, 5.41) is 2.41. The number of rotatable bonds is 10. The molecule has 1 atom stereocenters. The molecule has 0 bridgehead atoms. The Morgan fingerprint density at radius 3 is 2.24 bits per heavy atom. The monoisotopic (exact) mass is 470 g/mol. The summed E-state index contributed by atoms with van der Waals surface area (Å²) in [7, 11) is 1.48. The normalized spacial score (nSPS) is 11.9. The Kier molecular flexibility index (Phi) is 9.07. The Labute approximate surface area is 189 Å². The summed E-state index contributed by atoms with van der Waals surface area (Å²) < 4.78 is 62.8. The second-order valence-electron chi connectivity index (χ2n) is 7.58. The molecule has 1 unspecified atom stereocenters. The molecule has 0 aromatic heterocycles. The van der Waals surface area contributed by atoms with Crippen LogP contribution in [0.2, 0.25) is 0 Å². The minimum Gasteiger partial charge on any atom is -0.490 e. The van der Waals surface area contributed by atoms with Crippen LogP contribution in [-0.4, -0.2) is 43.0 Å². The molecule has 2 aromatic carbocycles. The summed E-state index contributed by atoms with van der Waals surface area (Å²) in [5.41, 5.74) is -0.209. The maximum Gasteiger partial charge on any atom is 0.387 e. The van der Waals surface area contributed by atoms with Crippen molar-refractivity contribution in [1.82, 2.24) is 10.2 Å². The number of alkyl halides is 2. The van der Waals surface area contributed by atoms with Crippen molar-refractivity contribution in [2.75, 3.05) is 13.7 Å². The molecule has 0 aliphatic rings. The predicted octanol–water partition coefficient (Wildman–Crippen LogP) is 4.38. The van der Waals surface area contributed by atoms with Crippen molar-refractivity contribution in [3.63, 3.8) is 0 Å². The molecule has 1 N–H and O–H groups in total. The third-order valence-corrected chi connectivity index (χ3v) is 4.73. The lowest BCUT2D eigenvalue weighted by Crippen LogP contribution is -2.50. The number of carbonyl (C=O) groups is 2. The van der Waals surface area contributed by atoms with Gasteiger partial charge in [0, 0.05) is 13.6 Å². The third-order valence-electron chi connectivity index (χ3n) is 4.73. The molecule has 2 aromatic rings. The van der Waals surface area contributed by atoms with Crippen molar-refractivity contribution in [2.24, 2.45) is 5.92 Å². The zero-order valence-corrected chi connectivity index (χ0v) is 18.7. The van der Waals surface area contributed by atoms with Crippen LogP contribution >= 0.6 is 0 Å². The van der Waals surface area contributed by atoms with Gasteiger partial charge in [0.15, 0.2) is 11.5 Å². The number of hydrogen-bond donors (Lipinski definition) is 1. The second kappa shape index (κ2) is 11.5. The van der Waals surface area contributed by atoms with Gasteiger partial charge in [-0.15, -0.1) is 0 Å². The van der Waals surface area contributed by atoms with Crippen LogP contribution in [0.3, 0.4) is 0 Å². The van der Waals surface area contributed by atoms with Gasteiger partial charge in [0.1, 0.15) is 23.2 Å². The Balaban J connectivity index is 2.18. The van der Waals surface area contributed by atoms with Crippen molar-refractivity contribution in [2.45, 2.75) is 40.0 Å². The van der Waals surface area contributed by atoms with Crippen LogP contribution < -0.4 is 14.8 Å². The average Bonchev–Trinajstić information content (AvgIpc) is 2.73. The summed E-state index contributed by atoms with van der Waals surface area (Å²) in [6.45, 7) is 2.29. The third kappa shape index (κ3) is 6.84. The van der Waals surface area contributed by atoms with Crippen molar-refractivity contribution in [3.8, 4) is 11.5 Å². The number of nitrogens with one attached hydrogen (secondary N) is 1. The summed E-state index contributed by atoms with van der Waals surface area (Å²) in [5.74, 6) is -4.04. The van der Waals surface area contributed by atoms with E-state index < -0.39 is 41.7 Å². The van der Waals surface area contributed by atoms with Gasteiger partial charge in [-0.25, -0.2) is 8.78 Å². The van der Waals surface area contributed by atoms with E-state index in [1.165, 1.54) is 30.1 Å². The highest BCUT2D eigenvalue weighted by Crippen LogP contribution is 2.30. The molecule has 0 saturated heterocycles. The number of likely N-dealkylation sites (N-methyl/N-ethyl adjacent to an activating group) is 1. The number of hydrogen-bond acceptors (Lipinski definition) is 4. The molecule has 0 fully saturated rings. The fourth-order valence-corrected chi connectivity index (χ4v) is 3.14. The van der Waals surface area contributed by atoms with Gasteiger partial charge < -0.3 is 19.7 Å². The second-order valence-corrected chi connectivity index (χ2v) is 7.58. The predicted molar refractivity (Wildman–Crippen MR) is 113 cm³/mol. The molecule has 0 heterocycles. The van der Waals surface area contributed by atoms with Gasteiger partial charge in [0.2, 0.25) is 5.91 Å². The van der Waals surface area contributed by atoms with Gasteiger partial charge in [-0.3, -0.25) is 9.59 Å². The number of amides is 2. The van der Waals surface area contributed by atoms with Gasteiger partial charge in [0.05, 0.1) is 6.61 Å². The molecule has 6 nitrogen and oxygen atoms in total. The fourth-order valence-electron chi connectivity index (χ4n) is 3.14. The van der Waals surface area contributed by atoms with Crippen LogP contribution in [0, 0.1) is 17.6 Å². The van der Waals surface area contributed by atoms with Crippen molar-refractivity contribution in [1.29, 1.82) is 0 Å². The quantitative estimate of drug-likeness (QED) is 0.524. The summed E-state index contributed by atoms with van der Waals surface area (Å²) in [4.78, 5) is 26.8. The SMILES string of the molecule is CCOc1cc(CN(C)C(=O)C(NC(=O)c2c(F)cccc2F)C(C)C)ccc1OC(F)F. The molecule has 0 aliphatic heterocycles. The van der Waals surface area contributed by atoms with E-state index >= 15 is 0 Å². The van der Waals surface area contributed by atoms with E-state index in [0.29, 0.717) is 5.56 Å². The number of nitrogens with zero attached hydrogens (tertiary/aromatic N) is 1. The fraction of sp³-hybridized carbons (Fsp3) is 0.391. The number of halogens is 4. The summed E-state index contributed by atoms with van der Waals surface area (Å²) >= 11 is 0. The lowest BCUT2D eigenvalue weighted by atomic mass is 10.0. The zero-order valence-electron chi connectivity index (χ0n) is 18.7. The molecular formula is C23H26F4N2O4. The first kappa shape index (κ1) is 26.0. The Hall–Kier alpha value is -3.30. The van der Waals surface area contributed by atoms with Crippen molar-refractivity contribution < 1.29 is 36.6 Å². The van der Waals surface area contributed by atoms with Crippen molar-refractivity contribution in [3.05, 3.63) is 59.2 Å². The van der Waals surface area contributed by atoms with Gasteiger partial charge >= 0.3 is 6.61 Å². The van der Waals surface area contributed by atoms with Gasteiger partial charge in [0.25, 0.3) is 5.91 Å². The largest absolute Gasteiger partial charge is 0.490 e. The summed E-state index contributed by atoms with van der Waals surface area (Å²) in [6, 6.07) is 6.27. The maximum atomic E-state index is 13.9. The first-order chi connectivity index (χ1) is 15.5. The lowest BCUT2D eigenvalue weighted by molar-refractivity contribution is -0.133. The molecule has 0 radical (unpaired) electrons. The van der Waals surface area contributed by atoms with Crippen LogP contribution in [0.15, 0.2) is 36.4 Å². The van der Waals surface area contributed by atoms with E-state index in [0.717, 1.165) is 18.2 Å². The highest BCUT2D eigenvalue weighted by Gasteiger charge is 2.29. The van der Waals surface area contributed by atoms with Gasteiger partial charge in [-0.05, 0) is 42.7 Å². The number of carbonyl (C=O) groups excluding carboxylic acids is 2. The number of benzene rings is 2. The molecule has 0 spiro atoms. The van der Waals surface area contributed by atoms with Crippen LogP contribution in [0.4, 0.5) is 17.6 Å². The molecular weight excluding hydrogens is 444 g/mol. The van der Waals surface area contributed by atoms with Crippen LogP contribution in [0.5, 0.6) is 11.5 Å².